The molecule has 13 heteroatoms. The van der Waals surface area contributed by atoms with Crippen molar-refractivity contribution in [2.75, 3.05) is 65.7 Å². The number of carbonyl (C=O) groups excluding carboxylic acids is 2. The van der Waals surface area contributed by atoms with E-state index in [4.69, 9.17) is 0 Å². The number of carbonyl (C=O) groups is 2. The zero-order valence-electron chi connectivity index (χ0n) is 24.8. The summed E-state index contributed by atoms with van der Waals surface area (Å²) in [5.41, 5.74) is 2.87. The van der Waals surface area contributed by atoms with Crippen LogP contribution in [0.15, 0.2) is 24.3 Å². The highest BCUT2D eigenvalue weighted by atomic mass is 16.3. The van der Waals surface area contributed by atoms with Crippen molar-refractivity contribution in [1.82, 2.24) is 25.8 Å². The molecule has 238 valence electrons. The fourth-order valence-corrected chi connectivity index (χ4v) is 5.02. The second kappa shape index (κ2) is 16.5. The Kier molecular flexibility index (Phi) is 13.1. The number of phenolic OH excluding ortho intramolecular Hbond substituents is 2. The predicted octanol–water partition coefficient (Wildman–Crippen LogP) is -1.21. The molecule has 0 atom stereocenters. The minimum absolute atomic E-state index is 0.0741. The molecule has 0 spiro atoms. The minimum Gasteiger partial charge on any atom is -0.507 e. The van der Waals surface area contributed by atoms with Gasteiger partial charge < -0.3 is 46.6 Å². The Hall–Kier alpha value is -3.30. The second-order valence-electron chi connectivity index (χ2n) is 11.0. The summed E-state index contributed by atoms with van der Waals surface area (Å²) in [5.74, 6) is -1.46. The zero-order chi connectivity index (χ0) is 31.5. The Balaban J connectivity index is 1.75. The van der Waals surface area contributed by atoms with Gasteiger partial charge in [-0.05, 0) is 37.1 Å². The van der Waals surface area contributed by atoms with Gasteiger partial charge in [-0.2, -0.15) is 0 Å². The first-order chi connectivity index (χ1) is 20.6. The SMILES string of the molecule is Cc1cc(CN2CCNCCN(Cc3cc(C)cc(C(=O)NC(CO)CO)c3O)CC2)c(O)c(C(=O)NC(CO)CO)c1. The van der Waals surface area contributed by atoms with Gasteiger partial charge in [0.2, 0.25) is 0 Å². The molecule has 0 saturated carbocycles. The van der Waals surface area contributed by atoms with E-state index in [1.54, 1.807) is 12.1 Å². The molecule has 3 rings (SSSR count). The van der Waals surface area contributed by atoms with Crippen LogP contribution in [-0.4, -0.2) is 130 Å². The van der Waals surface area contributed by atoms with Crippen molar-refractivity contribution in [3.8, 4) is 11.5 Å². The van der Waals surface area contributed by atoms with Gasteiger partial charge in [-0.15, -0.1) is 0 Å². The van der Waals surface area contributed by atoms with E-state index in [2.05, 4.69) is 25.8 Å². The Bertz CT molecular complexity index is 1140. The number of amides is 2. The smallest absolute Gasteiger partial charge is 0.255 e. The van der Waals surface area contributed by atoms with E-state index in [-0.39, 0.29) is 22.6 Å². The van der Waals surface area contributed by atoms with Gasteiger partial charge in [0.05, 0.1) is 49.6 Å². The van der Waals surface area contributed by atoms with Crippen molar-refractivity contribution >= 4 is 11.8 Å². The molecule has 43 heavy (non-hydrogen) atoms. The quantitative estimate of drug-likeness (QED) is 0.141. The fourth-order valence-electron chi connectivity index (χ4n) is 5.02. The predicted molar refractivity (Wildman–Crippen MR) is 160 cm³/mol. The Morgan fingerprint density at radius 2 is 1.07 bits per heavy atom. The molecule has 1 saturated heterocycles. The lowest BCUT2D eigenvalue weighted by molar-refractivity contribution is 0.0870. The van der Waals surface area contributed by atoms with Gasteiger partial charge in [-0.25, -0.2) is 0 Å². The molecule has 0 unspecified atom stereocenters. The number of aliphatic hydroxyl groups is 4. The molecular formula is C30H45N5O8. The second-order valence-corrected chi connectivity index (χ2v) is 11.0. The molecule has 1 aliphatic heterocycles. The normalized spacial score (nSPS) is 15.3. The highest BCUT2D eigenvalue weighted by Crippen LogP contribution is 2.28. The third kappa shape index (κ3) is 9.60. The lowest BCUT2D eigenvalue weighted by Crippen LogP contribution is -2.40. The highest BCUT2D eigenvalue weighted by molar-refractivity contribution is 5.98. The van der Waals surface area contributed by atoms with Gasteiger partial charge in [0.15, 0.2) is 0 Å². The van der Waals surface area contributed by atoms with Gasteiger partial charge in [0, 0.05) is 63.5 Å². The summed E-state index contributed by atoms with van der Waals surface area (Å²) in [6, 6.07) is 5.13. The van der Waals surface area contributed by atoms with Crippen molar-refractivity contribution in [2.45, 2.75) is 39.0 Å². The van der Waals surface area contributed by atoms with Crippen LogP contribution in [0.2, 0.25) is 0 Å². The first kappa shape index (κ1) is 34.2. The number of phenols is 2. The standard InChI is InChI=1S/C30H45N5O8/c1-19-9-21(27(40)25(11-19)29(42)32-23(15-36)16-37)13-34-5-3-31-4-6-35(8-7-34)14-22-10-20(2)12-26(28(22)41)30(43)33-24(17-38)18-39/h9-12,23-24,31,36-41H,3-8,13-18H2,1-2H3,(H,32,42)(H,33,43). The molecule has 2 amide bonds. The fraction of sp³-hybridized carbons (Fsp3) is 0.533. The third-order valence-electron chi connectivity index (χ3n) is 7.44. The summed E-state index contributed by atoms with van der Waals surface area (Å²) in [6.45, 7) is 6.75. The average molecular weight is 604 g/mol. The van der Waals surface area contributed by atoms with Crippen LogP contribution in [0.3, 0.4) is 0 Å². The topological polar surface area (TPSA) is 198 Å². The maximum Gasteiger partial charge on any atom is 0.255 e. The number of hydrogen-bond acceptors (Lipinski definition) is 11. The van der Waals surface area contributed by atoms with Crippen molar-refractivity contribution < 1.29 is 40.2 Å². The molecular weight excluding hydrogens is 558 g/mol. The van der Waals surface area contributed by atoms with Gasteiger partial charge in [0.1, 0.15) is 11.5 Å². The lowest BCUT2D eigenvalue weighted by atomic mass is 10.0. The van der Waals surface area contributed by atoms with E-state index in [1.807, 2.05) is 26.0 Å². The Morgan fingerprint density at radius 3 is 1.42 bits per heavy atom. The monoisotopic (exact) mass is 603 g/mol. The van der Waals surface area contributed by atoms with Crippen molar-refractivity contribution in [3.63, 3.8) is 0 Å². The number of aryl methyl sites for hydroxylation is 2. The number of nitrogens with zero attached hydrogens (tertiary/aromatic N) is 2. The third-order valence-corrected chi connectivity index (χ3v) is 7.44. The van der Waals surface area contributed by atoms with E-state index in [1.165, 1.54) is 0 Å². The van der Waals surface area contributed by atoms with Crippen molar-refractivity contribution in [3.05, 3.63) is 57.6 Å². The Labute approximate surface area is 251 Å². The summed E-state index contributed by atoms with van der Waals surface area (Å²) < 4.78 is 0. The molecule has 9 N–H and O–H groups in total. The average Bonchev–Trinajstić information content (AvgIpc) is 3.09. The molecule has 0 aromatic heterocycles. The van der Waals surface area contributed by atoms with E-state index < -0.39 is 50.3 Å². The maximum absolute atomic E-state index is 12.8. The first-order valence-electron chi connectivity index (χ1n) is 14.5. The van der Waals surface area contributed by atoms with Crippen molar-refractivity contribution in [2.24, 2.45) is 0 Å². The molecule has 2 aromatic carbocycles. The van der Waals surface area contributed by atoms with Crippen LogP contribution >= 0.6 is 0 Å². The number of rotatable bonds is 12. The van der Waals surface area contributed by atoms with Crippen LogP contribution in [0, 0.1) is 13.8 Å². The number of nitrogens with one attached hydrogen (secondary N) is 3. The van der Waals surface area contributed by atoms with Gasteiger partial charge in [-0.1, -0.05) is 12.1 Å². The van der Waals surface area contributed by atoms with Crippen LogP contribution < -0.4 is 16.0 Å². The van der Waals surface area contributed by atoms with Gasteiger partial charge >= 0.3 is 0 Å². The molecule has 1 fully saturated rings. The maximum atomic E-state index is 12.8. The summed E-state index contributed by atoms with van der Waals surface area (Å²) in [7, 11) is 0. The molecule has 2 aromatic rings. The van der Waals surface area contributed by atoms with E-state index in [9.17, 15) is 40.2 Å². The van der Waals surface area contributed by atoms with Gasteiger partial charge in [-0.3, -0.25) is 19.4 Å². The van der Waals surface area contributed by atoms with E-state index >= 15 is 0 Å². The largest absolute Gasteiger partial charge is 0.507 e. The Morgan fingerprint density at radius 1 is 0.698 bits per heavy atom. The van der Waals surface area contributed by atoms with E-state index in [0.717, 1.165) is 11.1 Å². The highest BCUT2D eigenvalue weighted by Gasteiger charge is 2.23. The molecule has 1 heterocycles. The summed E-state index contributed by atoms with van der Waals surface area (Å²) in [4.78, 5) is 29.8. The number of hydrogen-bond donors (Lipinski definition) is 9. The van der Waals surface area contributed by atoms with Crippen LogP contribution in [0.5, 0.6) is 11.5 Å². The molecule has 13 nitrogen and oxygen atoms in total. The van der Waals surface area contributed by atoms with Crippen molar-refractivity contribution in [1.29, 1.82) is 0 Å². The molecule has 0 bridgehead atoms. The van der Waals surface area contributed by atoms with Crippen LogP contribution in [-0.2, 0) is 13.1 Å². The molecule has 0 aliphatic carbocycles. The summed E-state index contributed by atoms with van der Waals surface area (Å²) in [6.07, 6.45) is 0. The summed E-state index contributed by atoms with van der Waals surface area (Å²) >= 11 is 0. The van der Waals surface area contributed by atoms with Crippen LogP contribution in [0.25, 0.3) is 0 Å². The van der Waals surface area contributed by atoms with Gasteiger partial charge in [0.25, 0.3) is 11.8 Å². The first-order valence-corrected chi connectivity index (χ1v) is 14.5. The molecule has 0 radical (unpaired) electrons. The van der Waals surface area contributed by atoms with Crippen LogP contribution in [0.4, 0.5) is 0 Å². The number of aromatic hydroxyl groups is 2. The number of aliphatic hydroxyl groups excluding tert-OH is 4. The summed E-state index contributed by atoms with van der Waals surface area (Å²) in [5, 5.41) is 67.7. The van der Waals surface area contributed by atoms with Crippen LogP contribution in [0.1, 0.15) is 43.0 Å². The minimum atomic E-state index is -0.831. The molecule has 1 aliphatic rings. The zero-order valence-corrected chi connectivity index (χ0v) is 24.8. The van der Waals surface area contributed by atoms with E-state index in [0.29, 0.717) is 63.5 Å². The lowest BCUT2D eigenvalue weighted by Gasteiger charge is -2.27. The number of benzene rings is 2.